The van der Waals surface area contributed by atoms with Crippen molar-refractivity contribution in [3.8, 4) is 11.5 Å². The van der Waals surface area contributed by atoms with Crippen LogP contribution in [-0.4, -0.2) is 13.7 Å². The van der Waals surface area contributed by atoms with Gasteiger partial charge in [0.1, 0.15) is 18.1 Å². The van der Waals surface area contributed by atoms with Gasteiger partial charge in [0.15, 0.2) is 0 Å². The van der Waals surface area contributed by atoms with Crippen LogP contribution in [0.5, 0.6) is 11.5 Å². The van der Waals surface area contributed by atoms with E-state index in [0.29, 0.717) is 16.7 Å². The van der Waals surface area contributed by atoms with Gasteiger partial charge in [-0.3, -0.25) is 0 Å². The molecule has 0 aliphatic heterocycles. The Hall–Kier alpha value is -2.20. The summed E-state index contributed by atoms with van der Waals surface area (Å²) in [5.41, 5.74) is 3.40. The van der Waals surface area contributed by atoms with Gasteiger partial charge < -0.3 is 14.8 Å². The Kier molecular flexibility index (Phi) is 7.61. The molecule has 1 N–H and O–H groups in total. The van der Waals surface area contributed by atoms with Crippen molar-refractivity contribution in [1.82, 2.24) is 5.32 Å². The molecule has 146 valence electrons. The molecule has 0 unspecified atom stereocenters. The average Bonchev–Trinajstić information content (AvgIpc) is 2.73. The van der Waals surface area contributed by atoms with Gasteiger partial charge in [-0.15, -0.1) is 0 Å². The van der Waals surface area contributed by atoms with E-state index in [1.807, 2.05) is 42.5 Å². The van der Waals surface area contributed by atoms with Crippen LogP contribution in [0.25, 0.3) is 0 Å². The van der Waals surface area contributed by atoms with E-state index < -0.39 is 0 Å². The Morgan fingerprint density at radius 1 is 0.857 bits per heavy atom. The number of para-hydroxylation sites is 1. The van der Waals surface area contributed by atoms with Gasteiger partial charge in [-0.25, -0.2) is 0 Å². The first-order valence-electron chi connectivity index (χ1n) is 9.14. The number of ether oxygens (including phenoxy) is 2. The molecule has 0 aliphatic carbocycles. The van der Waals surface area contributed by atoms with E-state index in [4.69, 9.17) is 32.7 Å². The highest BCUT2D eigenvalue weighted by Crippen LogP contribution is 2.23. The number of rotatable bonds is 9. The minimum Gasteiger partial charge on any atom is -0.496 e. The zero-order valence-electron chi connectivity index (χ0n) is 15.8. The summed E-state index contributed by atoms with van der Waals surface area (Å²) in [6.07, 6.45) is 0.925. The number of methoxy groups -OCH3 is 1. The van der Waals surface area contributed by atoms with Crippen LogP contribution in [0, 0.1) is 0 Å². The van der Waals surface area contributed by atoms with Crippen LogP contribution in [-0.2, 0) is 19.6 Å². The Morgan fingerprint density at radius 3 is 2.36 bits per heavy atom. The molecule has 3 aromatic rings. The lowest BCUT2D eigenvalue weighted by Gasteiger charge is -2.10. The van der Waals surface area contributed by atoms with Gasteiger partial charge in [0.05, 0.1) is 17.2 Å². The topological polar surface area (TPSA) is 30.5 Å². The summed E-state index contributed by atoms with van der Waals surface area (Å²) in [5.74, 6) is 1.76. The highest BCUT2D eigenvalue weighted by atomic mass is 35.5. The molecule has 3 rings (SSSR count). The standard InChI is InChI=1S/C23H23Cl2NO2/c1-27-23-5-3-2-4-19(23)12-13-26-15-17-6-9-20(10-7-17)28-16-18-8-11-21(24)22(25)14-18/h2-11,14,26H,12-13,15-16H2,1H3. The highest BCUT2D eigenvalue weighted by Gasteiger charge is 2.03. The van der Waals surface area contributed by atoms with E-state index >= 15 is 0 Å². The molecule has 0 radical (unpaired) electrons. The zero-order chi connectivity index (χ0) is 19.8. The van der Waals surface area contributed by atoms with Gasteiger partial charge in [-0.05, 0) is 60.0 Å². The molecule has 0 bridgehead atoms. The van der Waals surface area contributed by atoms with Crippen LogP contribution in [0.15, 0.2) is 66.7 Å². The summed E-state index contributed by atoms with van der Waals surface area (Å²) >= 11 is 12.0. The predicted molar refractivity (Wildman–Crippen MR) is 116 cm³/mol. The molecule has 0 spiro atoms. The van der Waals surface area contributed by atoms with Crippen LogP contribution in [0.1, 0.15) is 16.7 Å². The van der Waals surface area contributed by atoms with Crippen molar-refractivity contribution >= 4 is 23.2 Å². The van der Waals surface area contributed by atoms with E-state index in [2.05, 4.69) is 23.5 Å². The molecule has 0 fully saturated rings. The molecule has 0 saturated heterocycles. The Labute approximate surface area is 176 Å². The second-order valence-electron chi connectivity index (χ2n) is 6.42. The first-order valence-corrected chi connectivity index (χ1v) is 9.89. The van der Waals surface area contributed by atoms with Crippen LogP contribution in [0.4, 0.5) is 0 Å². The van der Waals surface area contributed by atoms with Gasteiger partial charge >= 0.3 is 0 Å². The molecule has 0 aliphatic rings. The second-order valence-corrected chi connectivity index (χ2v) is 7.23. The Balaban J connectivity index is 1.43. The molecule has 0 aromatic heterocycles. The van der Waals surface area contributed by atoms with Crippen LogP contribution in [0.3, 0.4) is 0 Å². The fourth-order valence-corrected chi connectivity index (χ4v) is 3.19. The third kappa shape index (κ3) is 5.90. The quantitative estimate of drug-likeness (QED) is 0.440. The minimum absolute atomic E-state index is 0.452. The maximum atomic E-state index is 6.03. The maximum Gasteiger partial charge on any atom is 0.122 e. The maximum absolute atomic E-state index is 6.03. The number of halogens is 2. The molecule has 28 heavy (non-hydrogen) atoms. The SMILES string of the molecule is COc1ccccc1CCNCc1ccc(OCc2ccc(Cl)c(Cl)c2)cc1. The van der Waals surface area contributed by atoms with E-state index in [1.165, 1.54) is 11.1 Å². The molecule has 3 aromatic carbocycles. The van der Waals surface area contributed by atoms with Crippen molar-refractivity contribution in [2.24, 2.45) is 0 Å². The van der Waals surface area contributed by atoms with E-state index in [-0.39, 0.29) is 0 Å². The molecule has 3 nitrogen and oxygen atoms in total. The normalized spacial score (nSPS) is 10.7. The second kappa shape index (κ2) is 10.4. The van der Waals surface area contributed by atoms with Gasteiger partial charge in [0.2, 0.25) is 0 Å². The number of benzene rings is 3. The molecule has 0 amide bonds. The third-order valence-electron chi connectivity index (χ3n) is 4.41. The molecular weight excluding hydrogens is 393 g/mol. The van der Waals surface area contributed by atoms with E-state index in [9.17, 15) is 0 Å². The largest absolute Gasteiger partial charge is 0.496 e. The predicted octanol–water partition coefficient (Wildman–Crippen LogP) is 5.91. The van der Waals surface area contributed by atoms with E-state index in [0.717, 1.165) is 36.6 Å². The Bertz CT molecular complexity index is 897. The number of hydrogen-bond acceptors (Lipinski definition) is 3. The summed E-state index contributed by atoms with van der Waals surface area (Å²) in [7, 11) is 1.71. The zero-order valence-corrected chi connectivity index (χ0v) is 17.3. The fourth-order valence-electron chi connectivity index (χ4n) is 2.86. The smallest absolute Gasteiger partial charge is 0.122 e. The summed E-state index contributed by atoms with van der Waals surface area (Å²) in [4.78, 5) is 0. The molecule has 5 heteroatoms. The van der Waals surface area contributed by atoms with Crippen molar-refractivity contribution in [3.05, 3.63) is 93.5 Å². The van der Waals surface area contributed by atoms with Crippen molar-refractivity contribution < 1.29 is 9.47 Å². The number of nitrogens with one attached hydrogen (secondary N) is 1. The third-order valence-corrected chi connectivity index (χ3v) is 5.14. The fraction of sp³-hybridized carbons (Fsp3) is 0.217. The lowest BCUT2D eigenvalue weighted by molar-refractivity contribution is 0.306. The van der Waals surface area contributed by atoms with Crippen molar-refractivity contribution in [1.29, 1.82) is 0 Å². The van der Waals surface area contributed by atoms with Gasteiger partial charge in [0, 0.05) is 6.54 Å². The molecule has 0 saturated carbocycles. The van der Waals surface area contributed by atoms with Crippen molar-refractivity contribution in [2.45, 2.75) is 19.6 Å². The Morgan fingerprint density at radius 2 is 1.61 bits per heavy atom. The highest BCUT2D eigenvalue weighted by molar-refractivity contribution is 6.42. The van der Waals surface area contributed by atoms with Gasteiger partial charge in [-0.1, -0.05) is 59.6 Å². The van der Waals surface area contributed by atoms with Crippen LogP contribution in [0.2, 0.25) is 10.0 Å². The first-order chi connectivity index (χ1) is 13.7. The molecule has 0 atom stereocenters. The lowest BCUT2D eigenvalue weighted by atomic mass is 10.1. The first kappa shape index (κ1) is 20.5. The lowest BCUT2D eigenvalue weighted by Crippen LogP contribution is -2.16. The van der Waals surface area contributed by atoms with Gasteiger partial charge in [-0.2, -0.15) is 0 Å². The van der Waals surface area contributed by atoms with Gasteiger partial charge in [0.25, 0.3) is 0 Å². The summed E-state index contributed by atoms with van der Waals surface area (Å²) in [6, 6.07) is 21.7. The van der Waals surface area contributed by atoms with Crippen molar-refractivity contribution in [2.75, 3.05) is 13.7 Å². The summed E-state index contributed by atoms with van der Waals surface area (Å²) in [6.45, 7) is 2.14. The molecular formula is C23H23Cl2NO2. The summed E-state index contributed by atoms with van der Waals surface area (Å²) < 4.78 is 11.2. The average molecular weight is 416 g/mol. The monoisotopic (exact) mass is 415 g/mol. The number of hydrogen-bond donors (Lipinski definition) is 1. The molecule has 0 heterocycles. The van der Waals surface area contributed by atoms with Crippen molar-refractivity contribution in [3.63, 3.8) is 0 Å². The minimum atomic E-state index is 0.452. The summed E-state index contributed by atoms with van der Waals surface area (Å²) in [5, 5.41) is 4.55. The van der Waals surface area contributed by atoms with Crippen LogP contribution >= 0.6 is 23.2 Å². The van der Waals surface area contributed by atoms with Crippen LogP contribution < -0.4 is 14.8 Å². The van der Waals surface area contributed by atoms with E-state index in [1.54, 1.807) is 13.2 Å².